The molecule has 96 valence electrons. The molecule has 5 heteroatoms. The highest BCUT2D eigenvalue weighted by molar-refractivity contribution is 5.76. The molecular formula is C11H24N2O3. The molecule has 0 fully saturated rings. The molecule has 0 saturated carbocycles. The van der Waals surface area contributed by atoms with Gasteiger partial charge in [-0.3, -0.25) is 4.79 Å². The molecule has 0 aliphatic carbocycles. The van der Waals surface area contributed by atoms with Crippen LogP contribution in [0.1, 0.15) is 33.6 Å². The highest BCUT2D eigenvalue weighted by Gasteiger charge is 2.18. The molecule has 2 atom stereocenters. The molecule has 0 rings (SSSR count). The summed E-state index contributed by atoms with van der Waals surface area (Å²) in [7, 11) is 0. The lowest BCUT2D eigenvalue weighted by Gasteiger charge is -2.22. The predicted molar refractivity (Wildman–Crippen MR) is 62.8 cm³/mol. The summed E-state index contributed by atoms with van der Waals surface area (Å²) in [6.45, 7) is 5.92. The molecule has 16 heavy (non-hydrogen) atoms. The van der Waals surface area contributed by atoms with E-state index in [4.69, 9.17) is 15.9 Å². The minimum absolute atomic E-state index is 0.0670. The molecule has 0 aromatic rings. The molecule has 0 radical (unpaired) electrons. The lowest BCUT2D eigenvalue weighted by molar-refractivity contribution is -0.122. The average molecular weight is 232 g/mol. The summed E-state index contributed by atoms with van der Waals surface area (Å²) in [4.78, 5) is 11.4. The number of rotatable bonds is 6. The molecule has 0 aromatic carbocycles. The van der Waals surface area contributed by atoms with Crippen molar-refractivity contribution in [3.8, 4) is 0 Å². The van der Waals surface area contributed by atoms with Gasteiger partial charge in [-0.15, -0.1) is 0 Å². The number of hydrogen-bond acceptors (Lipinski definition) is 4. The minimum atomic E-state index is -0.900. The molecule has 0 aromatic heterocycles. The summed E-state index contributed by atoms with van der Waals surface area (Å²) in [5, 5.41) is 20.1. The van der Waals surface area contributed by atoms with Gasteiger partial charge in [-0.05, 0) is 11.8 Å². The number of amides is 1. The number of aliphatic hydroxyl groups excluding tert-OH is 2. The van der Waals surface area contributed by atoms with Crippen molar-refractivity contribution in [3.05, 3.63) is 0 Å². The second-order valence-electron chi connectivity index (χ2n) is 5.37. The van der Waals surface area contributed by atoms with Crippen LogP contribution in [-0.4, -0.2) is 41.4 Å². The summed E-state index contributed by atoms with van der Waals surface area (Å²) >= 11 is 0. The summed E-state index contributed by atoms with van der Waals surface area (Å²) in [5.74, 6) is -0.191. The highest BCUT2D eigenvalue weighted by atomic mass is 16.3. The van der Waals surface area contributed by atoms with Gasteiger partial charge in [-0.1, -0.05) is 20.8 Å². The Morgan fingerprint density at radius 2 is 2.00 bits per heavy atom. The number of nitrogens with two attached hydrogens (primary N) is 1. The van der Waals surface area contributed by atoms with E-state index in [0.717, 1.165) is 6.42 Å². The quantitative estimate of drug-likeness (QED) is 0.501. The Hall–Kier alpha value is -0.650. The van der Waals surface area contributed by atoms with Crippen LogP contribution in [0, 0.1) is 5.41 Å². The van der Waals surface area contributed by atoms with Crippen molar-refractivity contribution in [1.82, 2.24) is 5.32 Å². The van der Waals surface area contributed by atoms with Crippen LogP contribution < -0.4 is 11.1 Å². The van der Waals surface area contributed by atoms with Crippen LogP contribution in [0.3, 0.4) is 0 Å². The Labute approximate surface area is 97.0 Å². The zero-order valence-electron chi connectivity index (χ0n) is 10.4. The van der Waals surface area contributed by atoms with Gasteiger partial charge in [-0.25, -0.2) is 0 Å². The minimum Gasteiger partial charge on any atom is -0.394 e. The Bertz CT molecular complexity index is 214. The van der Waals surface area contributed by atoms with Crippen molar-refractivity contribution >= 4 is 5.91 Å². The standard InChI is InChI=1S/C11H24N2O3/c1-11(2,3)5-8(12)4-10(16)13-6-9(15)7-14/h8-9,14-15H,4-7,12H2,1-3H3,(H,13,16). The Morgan fingerprint density at radius 3 is 2.44 bits per heavy atom. The van der Waals surface area contributed by atoms with Gasteiger partial charge in [0.1, 0.15) is 0 Å². The molecular weight excluding hydrogens is 208 g/mol. The molecule has 5 N–H and O–H groups in total. The van der Waals surface area contributed by atoms with Crippen LogP contribution in [0.5, 0.6) is 0 Å². The van der Waals surface area contributed by atoms with Gasteiger partial charge >= 0.3 is 0 Å². The fraction of sp³-hybridized carbons (Fsp3) is 0.909. The number of carbonyl (C=O) groups is 1. The Balaban J connectivity index is 3.79. The third-order valence-electron chi connectivity index (χ3n) is 2.07. The normalized spacial score (nSPS) is 15.6. The molecule has 0 heterocycles. The SMILES string of the molecule is CC(C)(C)CC(N)CC(=O)NCC(O)CO. The van der Waals surface area contributed by atoms with Crippen molar-refractivity contribution in [2.45, 2.75) is 45.8 Å². The van der Waals surface area contributed by atoms with E-state index in [1.165, 1.54) is 0 Å². The fourth-order valence-electron chi connectivity index (χ4n) is 1.47. The summed E-state index contributed by atoms with van der Waals surface area (Å²) in [6.07, 6.45) is 0.112. The van der Waals surface area contributed by atoms with E-state index in [9.17, 15) is 4.79 Å². The zero-order chi connectivity index (χ0) is 12.8. The van der Waals surface area contributed by atoms with Crippen LogP contribution >= 0.6 is 0 Å². The number of hydrogen-bond donors (Lipinski definition) is 4. The maximum Gasteiger partial charge on any atom is 0.221 e. The third kappa shape index (κ3) is 8.64. The van der Waals surface area contributed by atoms with E-state index in [2.05, 4.69) is 26.1 Å². The lowest BCUT2D eigenvalue weighted by atomic mass is 9.87. The summed E-state index contributed by atoms with van der Waals surface area (Å²) in [5.41, 5.74) is 5.93. The number of aliphatic hydroxyl groups is 2. The first-order chi connectivity index (χ1) is 7.24. The van der Waals surface area contributed by atoms with Crippen molar-refractivity contribution < 1.29 is 15.0 Å². The topological polar surface area (TPSA) is 95.6 Å². The average Bonchev–Trinajstić information content (AvgIpc) is 2.10. The van der Waals surface area contributed by atoms with Crippen molar-refractivity contribution in [2.75, 3.05) is 13.2 Å². The fourth-order valence-corrected chi connectivity index (χ4v) is 1.47. The largest absolute Gasteiger partial charge is 0.394 e. The third-order valence-corrected chi connectivity index (χ3v) is 2.07. The molecule has 2 unspecified atom stereocenters. The van der Waals surface area contributed by atoms with Gasteiger partial charge in [0.25, 0.3) is 0 Å². The van der Waals surface area contributed by atoms with E-state index >= 15 is 0 Å². The van der Waals surface area contributed by atoms with E-state index < -0.39 is 6.10 Å². The maximum absolute atomic E-state index is 11.4. The van der Waals surface area contributed by atoms with Gasteiger partial charge in [0.2, 0.25) is 5.91 Å². The molecule has 0 saturated heterocycles. The molecule has 1 amide bonds. The first kappa shape index (κ1) is 15.3. The highest BCUT2D eigenvalue weighted by Crippen LogP contribution is 2.20. The van der Waals surface area contributed by atoms with E-state index in [1.54, 1.807) is 0 Å². The molecule has 0 spiro atoms. The summed E-state index contributed by atoms with van der Waals surface area (Å²) in [6, 6.07) is -0.175. The molecule has 0 aliphatic rings. The number of nitrogens with one attached hydrogen (secondary N) is 1. The van der Waals surface area contributed by atoms with Gasteiger partial charge in [0.05, 0.1) is 12.7 Å². The van der Waals surface area contributed by atoms with Crippen LogP contribution in [0.25, 0.3) is 0 Å². The molecule has 5 nitrogen and oxygen atoms in total. The zero-order valence-corrected chi connectivity index (χ0v) is 10.4. The van der Waals surface area contributed by atoms with Crippen LogP contribution in [0.4, 0.5) is 0 Å². The smallest absolute Gasteiger partial charge is 0.221 e. The van der Waals surface area contributed by atoms with Gasteiger partial charge in [0.15, 0.2) is 0 Å². The predicted octanol–water partition coefficient (Wildman–Crippen LogP) is -0.391. The molecule has 0 aliphatic heterocycles. The molecule has 0 bridgehead atoms. The monoisotopic (exact) mass is 232 g/mol. The second kappa shape index (κ2) is 6.83. The van der Waals surface area contributed by atoms with Crippen LogP contribution in [-0.2, 0) is 4.79 Å². The number of carbonyl (C=O) groups excluding carboxylic acids is 1. The van der Waals surface area contributed by atoms with Crippen molar-refractivity contribution in [2.24, 2.45) is 11.1 Å². The van der Waals surface area contributed by atoms with Crippen LogP contribution in [0.15, 0.2) is 0 Å². The Kier molecular flexibility index (Phi) is 6.55. The maximum atomic E-state index is 11.4. The van der Waals surface area contributed by atoms with Crippen molar-refractivity contribution in [1.29, 1.82) is 0 Å². The first-order valence-corrected chi connectivity index (χ1v) is 5.56. The van der Waals surface area contributed by atoms with E-state index in [0.29, 0.717) is 0 Å². The van der Waals surface area contributed by atoms with Crippen LogP contribution in [0.2, 0.25) is 0 Å². The van der Waals surface area contributed by atoms with Gasteiger partial charge in [-0.2, -0.15) is 0 Å². The first-order valence-electron chi connectivity index (χ1n) is 5.56. The van der Waals surface area contributed by atoms with E-state index in [1.807, 2.05) is 0 Å². The second-order valence-corrected chi connectivity index (χ2v) is 5.37. The Morgan fingerprint density at radius 1 is 1.44 bits per heavy atom. The van der Waals surface area contributed by atoms with E-state index in [-0.39, 0.29) is 36.9 Å². The summed E-state index contributed by atoms with van der Waals surface area (Å²) < 4.78 is 0. The lowest BCUT2D eigenvalue weighted by Crippen LogP contribution is -2.38. The van der Waals surface area contributed by atoms with Crippen molar-refractivity contribution in [3.63, 3.8) is 0 Å². The van der Waals surface area contributed by atoms with Gasteiger partial charge < -0.3 is 21.3 Å². The van der Waals surface area contributed by atoms with Gasteiger partial charge in [0, 0.05) is 19.0 Å².